The molecule has 0 aliphatic rings. The lowest BCUT2D eigenvalue weighted by molar-refractivity contribution is -0.140. The number of carboxylic acid groups (broad SMARTS) is 1. The normalized spacial score (nSPS) is 12.2. The van der Waals surface area contributed by atoms with Crippen LogP contribution in [0.2, 0.25) is 0 Å². The van der Waals surface area contributed by atoms with Crippen LogP contribution < -0.4 is 16.0 Å². The molecule has 0 aliphatic carbocycles. The molecular weight excluding hydrogens is 222 g/mol. The van der Waals surface area contributed by atoms with Crippen LogP contribution in [0.3, 0.4) is 0 Å². The molecule has 17 heavy (non-hydrogen) atoms. The van der Waals surface area contributed by atoms with Crippen LogP contribution in [0.15, 0.2) is 0 Å². The van der Waals surface area contributed by atoms with Crippen molar-refractivity contribution in [3.05, 3.63) is 0 Å². The van der Waals surface area contributed by atoms with E-state index in [1.54, 1.807) is 13.8 Å². The minimum Gasteiger partial charge on any atom is -0.480 e. The molecule has 0 rings (SSSR count). The Morgan fingerprint density at radius 3 is 2.35 bits per heavy atom. The summed E-state index contributed by atoms with van der Waals surface area (Å²) in [4.78, 5) is 22.2. The quantitative estimate of drug-likeness (QED) is 0.466. The molecule has 0 aromatic rings. The molecule has 0 radical (unpaired) electrons. The highest BCUT2D eigenvalue weighted by Gasteiger charge is 2.22. The Morgan fingerprint density at radius 1 is 1.24 bits per heavy atom. The van der Waals surface area contributed by atoms with Gasteiger partial charge in [0.2, 0.25) is 0 Å². The first-order valence-electron chi connectivity index (χ1n) is 5.97. The van der Waals surface area contributed by atoms with Crippen molar-refractivity contribution in [2.75, 3.05) is 19.6 Å². The number of carbonyl (C=O) groups is 2. The number of hydrogen-bond donors (Lipinski definition) is 4. The van der Waals surface area contributed by atoms with E-state index < -0.39 is 18.0 Å². The van der Waals surface area contributed by atoms with E-state index in [0.717, 1.165) is 19.5 Å². The molecule has 0 aliphatic heterocycles. The summed E-state index contributed by atoms with van der Waals surface area (Å²) in [5, 5.41) is 17.1. The lowest BCUT2D eigenvalue weighted by Crippen LogP contribution is -2.48. The minimum absolute atomic E-state index is 0.139. The zero-order valence-electron chi connectivity index (χ0n) is 10.7. The van der Waals surface area contributed by atoms with Crippen molar-refractivity contribution in [2.24, 2.45) is 5.92 Å². The highest BCUT2D eigenvalue weighted by atomic mass is 16.4. The van der Waals surface area contributed by atoms with Crippen molar-refractivity contribution in [1.29, 1.82) is 0 Å². The number of rotatable bonds is 8. The van der Waals surface area contributed by atoms with E-state index in [9.17, 15) is 9.59 Å². The van der Waals surface area contributed by atoms with Gasteiger partial charge in [0, 0.05) is 6.54 Å². The number of hydrogen-bond acceptors (Lipinski definition) is 3. The van der Waals surface area contributed by atoms with Gasteiger partial charge < -0.3 is 21.1 Å². The molecule has 0 bridgehead atoms. The molecular formula is C11H23N3O3. The molecule has 100 valence electrons. The molecule has 0 fully saturated rings. The molecule has 0 spiro atoms. The highest BCUT2D eigenvalue weighted by Crippen LogP contribution is 2.00. The molecule has 0 aromatic carbocycles. The lowest BCUT2D eigenvalue weighted by atomic mass is 10.1. The predicted octanol–water partition coefficient (Wildman–Crippen LogP) is 0.394. The third-order valence-electron chi connectivity index (χ3n) is 2.29. The minimum atomic E-state index is -1.01. The van der Waals surface area contributed by atoms with E-state index in [1.165, 1.54) is 0 Å². The van der Waals surface area contributed by atoms with Gasteiger partial charge in [-0.15, -0.1) is 0 Å². The molecule has 2 amide bonds. The molecule has 0 aromatic heterocycles. The fourth-order valence-corrected chi connectivity index (χ4v) is 1.30. The molecule has 0 unspecified atom stereocenters. The second-order valence-electron chi connectivity index (χ2n) is 4.17. The monoisotopic (exact) mass is 245 g/mol. The summed E-state index contributed by atoms with van der Waals surface area (Å²) in [7, 11) is 0. The third kappa shape index (κ3) is 7.57. The zero-order chi connectivity index (χ0) is 13.3. The fourth-order valence-electron chi connectivity index (χ4n) is 1.30. The van der Waals surface area contributed by atoms with E-state index in [1.807, 2.05) is 6.92 Å². The van der Waals surface area contributed by atoms with Crippen molar-refractivity contribution in [3.63, 3.8) is 0 Å². The van der Waals surface area contributed by atoms with Crippen LogP contribution in [0.1, 0.15) is 27.2 Å². The summed E-state index contributed by atoms with van der Waals surface area (Å²) in [6, 6.07) is -1.27. The van der Waals surface area contributed by atoms with E-state index in [2.05, 4.69) is 16.0 Å². The average Bonchev–Trinajstić information content (AvgIpc) is 2.24. The Morgan fingerprint density at radius 2 is 1.88 bits per heavy atom. The van der Waals surface area contributed by atoms with E-state index in [0.29, 0.717) is 6.54 Å². The number of carbonyl (C=O) groups excluding carboxylic acids is 1. The van der Waals surface area contributed by atoms with E-state index >= 15 is 0 Å². The maximum Gasteiger partial charge on any atom is 0.326 e. The van der Waals surface area contributed by atoms with Crippen molar-refractivity contribution in [3.8, 4) is 0 Å². The topological polar surface area (TPSA) is 90.5 Å². The van der Waals surface area contributed by atoms with Crippen LogP contribution in [0.4, 0.5) is 4.79 Å². The average molecular weight is 245 g/mol. The van der Waals surface area contributed by atoms with Crippen molar-refractivity contribution >= 4 is 12.0 Å². The number of urea groups is 1. The number of carboxylic acids is 1. The van der Waals surface area contributed by atoms with Crippen LogP contribution in [0.5, 0.6) is 0 Å². The first-order valence-corrected chi connectivity index (χ1v) is 5.97. The smallest absolute Gasteiger partial charge is 0.326 e. The Balaban J connectivity index is 3.80. The first kappa shape index (κ1) is 15.7. The number of amides is 2. The SMILES string of the molecule is CCNCCCNC(=O)N[C@H](C(=O)O)C(C)C. The van der Waals surface area contributed by atoms with Gasteiger partial charge in [0.1, 0.15) is 6.04 Å². The van der Waals surface area contributed by atoms with Gasteiger partial charge in [0.05, 0.1) is 0 Å². The second-order valence-corrected chi connectivity index (χ2v) is 4.17. The van der Waals surface area contributed by atoms with Crippen LogP contribution in [0, 0.1) is 5.92 Å². The summed E-state index contributed by atoms with van der Waals surface area (Å²) in [5.74, 6) is -1.15. The maximum absolute atomic E-state index is 11.4. The largest absolute Gasteiger partial charge is 0.480 e. The second kappa shape index (κ2) is 8.81. The summed E-state index contributed by atoms with van der Waals surface area (Å²) in [6.45, 7) is 7.79. The Bertz CT molecular complexity index is 244. The predicted molar refractivity (Wildman–Crippen MR) is 66.0 cm³/mol. The molecule has 4 N–H and O–H groups in total. The summed E-state index contributed by atoms with van der Waals surface area (Å²) >= 11 is 0. The van der Waals surface area contributed by atoms with Gasteiger partial charge in [0.25, 0.3) is 0 Å². The molecule has 6 nitrogen and oxygen atoms in total. The van der Waals surface area contributed by atoms with Gasteiger partial charge in [-0.05, 0) is 25.4 Å². The van der Waals surface area contributed by atoms with Crippen LogP contribution in [-0.2, 0) is 4.79 Å². The van der Waals surface area contributed by atoms with Crippen LogP contribution in [0.25, 0.3) is 0 Å². The summed E-state index contributed by atoms with van der Waals surface area (Å²) in [5.41, 5.74) is 0. The summed E-state index contributed by atoms with van der Waals surface area (Å²) in [6.07, 6.45) is 0.820. The molecule has 0 heterocycles. The van der Waals surface area contributed by atoms with Gasteiger partial charge in [-0.2, -0.15) is 0 Å². The fraction of sp³-hybridized carbons (Fsp3) is 0.818. The van der Waals surface area contributed by atoms with Crippen molar-refractivity contribution < 1.29 is 14.7 Å². The molecule has 0 saturated carbocycles. The maximum atomic E-state index is 11.4. The highest BCUT2D eigenvalue weighted by molar-refractivity contribution is 5.82. The molecule has 0 saturated heterocycles. The molecule has 6 heteroatoms. The van der Waals surface area contributed by atoms with E-state index in [4.69, 9.17) is 5.11 Å². The Labute approximate surface area is 102 Å². The van der Waals surface area contributed by atoms with Crippen LogP contribution >= 0.6 is 0 Å². The van der Waals surface area contributed by atoms with Crippen molar-refractivity contribution in [1.82, 2.24) is 16.0 Å². The van der Waals surface area contributed by atoms with E-state index in [-0.39, 0.29) is 5.92 Å². The van der Waals surface area contributed by atoms with Gasteiger partial charge in [0.15, 0.2) is 0 Å². The van der Waals surface area contributed by atoms with Gasteiger partial charge >= 0.3 is 12.0 Å². The zero-order valence-corrected chi connectivity index (χ0v) is 10.7. The number of aliphatic carboxylic acids is 1. The van der Waals surface area contributed by atoms with Gasteiger partial charge in [-0.25, -0.2) is 9.59 Å². The number of nitrogens with one attached hydrogen (secondary N) is 3. The van der Waals surface area contributed by atoms with Crippen LogP contribution in [-0.4, -0.2) is 42.8 Å². The molecule has 1 atom stereocenters. The Kier molecular flexibility index (Phi) is 8.13. The lowest BCUT2D eigenvalue weighted by Gasteiger charge is -2.18. The van der Waals surface area contributed by atoms with Crippen molar-refractivity contribution in [2.45, 2.75) is 33.2 Å². The first-order chi connectivity index (χ1) is 7.99. The standard InChI is InChI=1S/C11H23N3O3/c1-4-12-6-5-7-13-11(17)14-9(8(2)3)10(15)16/h8-9,12H,4-7H2,1-3H3,(H,15,16)(H2,13,14,17)/t9-/m0/s1. The van der Waals surface area contributed by atoms with Gasteiger partial charge in [-0.3, -0.25) is 0 Å². The summed E-state index contributed by atoms with van der Waals surface area (Å²) < 4.78 is 0. The van der Waals surface area contributed by atoms with Gasteiger partial charge in [-0.1, -0.05) is 20.8 Å². The Hall–Kier alpha value is -1.30. The third-order valence-corrected chi connectivity index (χ3v) is 2.29.